The van der Waals surface area contributed by atoms with E-state index in [2.05, 4.69) is 23.9 Å². The van der Waals surface area contributed by atoms with Crippen LogP contribution in [0.1, 0.15) is 36.4 Å². The van der Waals surface area contributed by atoms with Crippen molar-refractivity contribution in [3.05, 3.63) is 46.8 Å². The highest BCUT2D eigenvalue weighted by Gasteiger charge is 2.30. The Bertz CT molecular complexity index is 1120. The van der Waals surface area contributed by atoms with Gasteiger partial charge in [0, 0.05) is 37.4 Å². The zero-order valence-corrected chi connectivity index (χ0v) is 21.5. The summed E-state index contributed by atoms with van der Waals surface area (Å²) in [5, 5.41) is 3.00. The first-order valence-electron chi connectivity index (χ1n) is 12.1. The van der Waals surface area contributed by atoms with Gasteiger partial charge < -0.3 is 31.3 Å². The Kier molecular flexibility index (Phi) is 9.00. The van der Waals surface area contributed by atoms with E-state index in [1.807, 2.05) is 31.2 Å². The van der Waals surface area contributed by atoms with Crippen LogP contribution in [0, 0.1) is 12.8 Å². The quantitative estimate of drug-likeness (QED) is 0.474. The highest BCUT2D eigenvalue weighted by atomic mass is 16.5. The van der Waals surface area contributed by atoms with Crippen molar-refractivity contribution >= 4 is 23.6 Å². The number of aryl methyl sites for hydroxylation is 1. The number of nitrogens with zero attached hydrogens (tertiary/aromatic N) is 3. The van der Waals surface area contributed by atoms with Crippen LogP contribution in [0.4, 0.5) is 10.5 Å². The predicted octanol–water partition coefficient (Wildman–Crippen LogP) is 2.02. The molecular formula is C26H36N6O4. The second kappa shape index (κ2) is 12.0. The van der Waals surface area contributed by atoms with Crippen molar-refractivity contribution in [2.45, 2.75) is 40.3 Å². The molecule has 1 aliphatic rings. The van der Waals surface area contributed by atoms with Crippen LogP contribution < -0.4 is 16.8 Å². The maximum atomic E-state index is 13.3. The molecule has 3 amide bonds. The Morgan fingerprint density at radius 1 is 1.14 bits per heavy atom. The zero-order valence-electron chi connectivity index (χ0n) is 21.5. The molecule has 10 nitrogen and oxygen atoms in total. The van der Waals surface area contributed by atoms with Crippen LogP contribution in [0.2, 0.25) is 0 Å². The Balaban J connectivity index is 1.95. The Hall–Kier alpha value is -3.50. The van der Waals surface area contributed by atoms with Crippen LogP contribution in [-0.2, 0) is 33.8 Å². The van der Waals surface area contributed by atoms with Crippen LogP contribution in [0.15, 0.2) is 24.3 Å². The van der Waals surface area contributed by atoms with E-state index in [1.165, 1.54) is 16.9 Å². The standard InChI is InChI=1S/C26H36N6O4/c1-16(2)11-21-20(13-28)24(19-7-5-18(12-27)6-8-19)25(17(3)29-21)30-26(35)32-10-9-31(22(33)14-32)15-23(34)36-4/h5-8,16H,9-15,27-28H2,1-4H3,(H,30,35). The van der Waals surface area contributed by atoms with Gasteiger partial charge in [-0.25, -0.2) is 4.79 Å². The predicted molar refractivity (Wildman–Crippen MR) is 138 cm³/mol. The summed E-state index contributed by atoms with van der Waals surface area (Å²) in [4.78, 5) is 45.0. The minimum atomic E-state index is -0.496. The van der Waals surface area contributed by atoms with E-state index in [0.717, 1.165) is 34.4 Å². The molecule has 3 rings (SSSR count). The summed E-state index contributed by atoms with van der Waals surface area (Å²) >= 11 is 0. The Morgan fingerprint density at radius 2 is 1.83 bits per heavy atom. The molecule has 1 aromatic heterocycles. The first kappa shape index (κ1) is 27.1. The van der Waals surface area contributed by atoms with Gasteiger partial charge >= 0.3 is 12.0 Å². The second-order valence-corrected chi connectivity index (χ2v) is 9.32. The third-order valence-corrected chi connectivity index (χ3v) is 6.23. The van der Waals surface area contributed by atoms with Gasteiger partial charge in [0.2, 0.25) is 5.91 Å². The fourth-order valence-corrected chi connectivity index (χ4v) is 4.31. The number of rotatable bonds is 8. The lowest BCUT2D eigenvalue weighted by atomic mass is 9.92. The minimum Gasteiger partial charge on any atom is -0.468 e. The third-order valence-electron chi connectivity index (χ3n) is 6.23. The molecule has 0 bridgehead atoms. The topological polar surface area (TPSA) is 144 Å². The number of hydrogen-bond acceptors (Lipinski definition) is 7. The monoisotopic (exact) mass is 496 g/mol. The van der Waals surface area contributed by atoms with Crippen molar-refractivity contribution in [2.24, 2.45) is 17.4 Å². The normalized spacial score (nSPS) is 13.8. The van der Waals surface area contributed by atoms with E-state index in [1.54, 1.807) is 0 Å². The number of methoxy groups -OCH3 is 1. The molecule has 0 atom stereocenters. The third kappa shape index (κ3) is 6.19. The van der Waals surface area contributed by atoms with E-state index < -0.39 is 12.0 Å². The molecule has 10 heteroatoms. The molecule has 5 N–H and O–H groups in total. The van der Waals surface area contributed by atoms with Gasteiger partial charge in [-0.15, -0.1) is 0 Å². The molecule has 1 fully saturated rings. The fraction of sp³-hybridized carbons (Fsp3) is 0.462. The lowest BCUT2D eigenvalue weighted by Crippen LogP contribution is -2.54. The van der Waals surface area contributed by atoms with Gasteiger partial charge in [0.05, 0.1) is 18.5 Å². The number of hydrogen-bond donors (Lipinski definition) is 3. The Labute approximate surface area is 212 Å². The number of aromatic nitrogens is 1. The number of carbonyl (C=O) groups is 3. The molecule has 0 saturated carbocycles. The van der Waals surface area contributed by atoms with Crippen LogP contribution in [0.5, 0.6) is 0 Å². The van der Waals surface area contributed by atoms with Gasteiger partial charge in [-0.3, -0.25) is 14.6 Å². The van der Waals surface area contributed by atoms with Crippen molar-refractivity contribution < 1.29 is 19.1 Å². The summed E-state index contributed by atoms with van der Waals surface area (Å²) in [6.07, 6.45) is 0.756. The maximum Gasteiger partial charge on any atom is 0.325 e. The molecule has 0 aliphatic carbocycles. The van der Waals surface area contributed by atoms with Crippen molar-refractivity contribution in [3.63, 3.8) is 0 Å². The van der Waals surface area contributed by atoms with Crippen LogP contribution in [0.25, 0.3) is 11.1 Å². The van der Waals surface area contributed by atoms with E-state index >= 15 is 0 Å². The highest BCUT2D eigenvalue weighted by molar-refractivity contribution is 5.98. The number of ether oxygens (including phenoxy) is 1. The van der Waals surface area contributed by atoms with E-state index in [9.17, 15) is 14.4 Å². The first-order valence-corrected chi connectivity index (χ1v) is 12.1. The van der Waals surface area contributed by atoms with Crippen molar-refractivity contribution in [1.29, 1.82) is 0 Å². The summed E-state index contributed by atoms with van der Waals surface area (Å²) in [7, 11) is 1.27. The van der Waals surface area contributed by atoms with Gasteiger partial charge in [-0.2, -0.15) is 0 Å². The lowest BCUT2D eigenvalue weighted by Gasteiger charge is -2.34. The summed E-state index contributed by atoms with van der Waals surface area (Å²) in [6.45, 7) is 7.06. The summed E-state index contributed by atoms with van der Waals surface area (Å²) < 4.78 is 4.64. The van der Waals surface area contributed by atoms with Gasteiger partial charge in [-0.05, 0) is 36.0 Å². The summed E-state index contributed by atoms with van der Waals surface area (Å²) in [6, 6.07) is 7.45. The number of benzene rings is 1. The lowest BCUT2D eigenvalue weighted by molar-refractivity contribution is -0.148. The number of carbonyl (C=O) groups excluding carboxylic acids is 3. The molecular weight excluding hydrogens is 460 g/mol. The molecule has 36 heavy (non-hydrogen) atoms. The number of nitrogens with one attached hydrogen (secondary N) is 1. The first-order chi connectivity index (χ1) is 17.2. The van der Waals surface area contributed by atoms with Crippen molar-refractivity contribution in [2.75, 3.05) is 38.6 Å². The number of nitrogens with two attached hydrogens (primary N) is 2. The Morgan fingerprint density at radius 3 is 2.39 bits per heavy atom. The molecule has 194 valence electrons. The maximum absolute atomic E-state index is 13.3. The highest BCUT2D eigenvalue weighted by Crippen LogP contribution is 2.36. The number of pyridine rings is 1. The van der Waals surface area contributed by atoms with Gasteiger partial charge in [-0.1, -0.05) is 38.1 Å². The van der Waals surface area contributed by atoms with Crippen molar-refractivity contribution in [3.8, 4) is 11.1 Å². The smallest absolute Gasteiger partial charge is 0.325 e. The van der Waals surface area contributed by atoms with Crippen LogP contribution in [0.3, 0.4) is 0 Å². The SMILES string of the molecule is COC(=O)CN1CCN(C(=O)Nc2c(C)nc(CC(C)C)c(CN)c2-c2ccc(CN)cc2)CC1=O. The molecule has 0 radical (unpaired) electrons. The number of piperazine rings is 1. The number of urea groups is 1. The minimum absolute atomic E-state index is 0.131. The molecule has 1 aromatic carbocycles. The molecule has 1 saturated heterocycles. The molecule has 2 aromatic rings. The van der Waals surface area contributed by atoms with Gasteiger partial charge in [0.1, 0.15) is 13.1 Å². The largest absolute Gasteiger partial charge is 0.468 e. The second-order valence-electron chi connectivity index (χ2n) is 9.32. The zero-order chi connectivity index (χ0) is 26.4. The molecule has 1 aliphatic heterocycles. The summed E-state index contributed by atoms with van der Waals surface area (Å²) in [5.74, 6) is -0.435. The van der Waals surface area contributed by atoms with E-state index in [0.29, 0.717) is 23.8 Å². The number of esters is 1. The molecule has 0 spiro atoms. The van der Waals surface area contributed by atoms with Crippen LogP contribution in [-0.4, -0.2) is 66.0 Å². The number of anilines is 1. The van der Waals surface area contributed by atoms with Gasteiger partial charge in [0.25, 0.3) is 0 Å². The van der Waals surface area contributed by atoms with E-state index in [-0.39, 0.29) is 38.6 Å². The van der Waals surface area contributed by atoms with E-state index in [4.69, 9.17) is 16.5 Å². The van der Waals surface area contributed by atoms with Crippen LogP contribution >= 0.6 is 0 Å². The summed E-state index contributed by atoms with van der Waals surface area (Å²) in [5.41, 5.74) is 17.8. The average molecular weight is 497 g/mol. The van der Waals surface area contributed by atoms with Gasteiger partial charge in [0.15, 0.2) is 0 Å². The average Bonchev–Trinajstić information content (AvgIpc) is 2.86. The molecule has 0 unspecified atom stereocenters. The fourth-order valence-electron chi connectivity index (χ4n) is 4.31. The van der Waals surface area contributed by atoms with Crippen molar-refractivity contribution in [1.82, 2.24) is 14.8 Å². The molecule has 2 heterocycles. The number of amides is 3.